The molecule has 0 atom stereocenters. The molecule has 3 aromatic carbocycles. The van der Waals surface area contributed by atoms with E-state index in [4.69, 9.17) is 4.74 Å². The molecular weight excluding hydrogens is 866 g/mol. The van der Waals surface area contributed by atoms with Crippen LogP contribution in [0.15, 0.2) is 123 Å². The normalized spacial score (nSPS) is 18.7. The molecule has 0 saturated carbocycles. The standard InChI is InChI=1S/C45H54BN3O11S3/c1-44(2)36-14-5-6-15-38(36)48(27-8-7-16-42(50)47-46)40(44)25-17-31-12-11-13-32(43(31)60-33-19-21-34(22-20-33)62(54,55)56)18-26-41-45(3,4)37-30-35(63(57,58)59)23-24-39(37)49(41)28-9-10-29-61(51,52)53/h5-6,14-15,17-26,30H,7-13,16,27-29,46H2,1-4H3,(H3-,47,50,51,52,53,54,55,56,57,58,59)/p+1. The Morgan fingerprint density at radius 1 is 0.810 bits per heavy atom. The maximum Gasteiger partial charge on any atom is 0.294 e. The molecule has 4 N–H and O–H groups in total. The minimum absolute atomic E-state index is 0.000785. The van der Waals surface area contributed by atoms with E-state index in [1.54, 1.807) is 14.0 Å². The summed E-state index contributed by atoms with van der Waals surface area (Å²) in [4.78, 5) is 13.4. The first-order chi connectivity index (χ1) is 29.5. The molecule has 18 heteroatoms. The molecular formula is C45H55BN3O11S3+. The molecule has 2 aliphatic heterocycles. The molecule has 0 fully saturated rings. The third-order valence-corrected chi connectivity index (χ3v) is 14.5. The van der Waals surface area contributed by atoms with Crippen molar-refractivity contribution in [2.75, 3.05) is 23.7 Å². The molecule has 3 aromatic rings. The Kier molecular flexibility index (Phi) is 14.1. The average Bonchev–Trinajstić information content (AvgIpc) is 3.56. The van der Waals surface area contributed by atoms with Crippen LogP contribution in [0.2, 0.25) is 0 Å². The lowest BCUT2D eigenvalue weighted by Crippen LogP contribution is -2.28. The molecule has 336 valence electrons. The number of amides is 1. The smallest absolute Gasteiger partial charge is 0.294 e. The Bertz CT molecular complexity index is 2770. The van der Waals surface area contributed by atoms with Crippen LogP contribution in [0.4, 0.5) is 11.4 Å². The fourth-order valence-corrected chi connectivity index (χ4v) is 10.2. The van der Waals surface area contributed by atoms with Gasteiger partial charge in [-0.25, -0.2) is 0 Å². The second-order valence-electron chi connectivity index (χ2n) is 17.1. The lowest BCUT2D eigenvalue weighted by Gasteiger charge is -2.27. The number of hydrogen-bond acceptors (Lipinski definition) is 9. The van der Waals surface area contributed by atoms with Crippen molar-refractivity contribution in [2.45, 2.75) is 99.7 Å². The highest BCUT2D eigenvalue weighted by molar-refractivity contribution is 7.86. The topological polar surface area (TPSA) is 208 Å². The predicted octanol–water partition coefficient (Wildman–Crippen LogP) is 6.74. The van der Waals surface area contributed by atoms with Gasteiger partial charge in [-0.2, -0.15) is 29.8 Å². The number of para-hydroxylation sites is 1. The van der Waals surface area contributed by atoms with Gasteiger partial charge >= 0.3 is 0 Å². The first kappa shape index (κ1) is 47.6. The molecule has 1 amide bonds. The number of unbranched alkanes of at least 4 members (excludes halogenated alkanes) is 2. The van der Waals surface area contributed by atoms with E-state index < -0.39 is 41.5 Å². The minimum Gasteiger partial charge on any atom is -0.457 e. The van der Waals surface area contributed by atoms with Crippen LogP contribution in [-0.4, -0.2) is 81.9 Å². The van der Waals surface area contributed by atoms with Crippen molar-refractivity contribution in [3.8, 4) is 5.75 Å². The van der Waals surface area contributed by atoms with Gasteiger partial charge in [0.25, 0.3) is 30.4 Å². The summed E-state index contributed by atoms with van der Waals surface area (Å²) in [6.07, 6.45) is 12.6. The zero-order valence-electron chi connectivity index (χ0n) is 36.2. The number of ether oxygens (including phenoxy) is 1. The van der Waals surface area contributed by atoms with Crippen molar-refractivity contribution in [1.82, 2.24) is 5.23 Å². The van der Waals surface area contributed by atoms with E-state index in [2.05, 4.69) is 47.9 Å². The van der Waals surface area contributed by atoms with Gasteiger partial charge < -0.3 is 14.9 Å². The number of benzene rings is 3. The maximum absolute atomic E-state index is 12.2. The molecule has 0 spiro atoms. The van der Waals surface area contributed by atoms with Gasteiger partial charge in [0.05, 0.1) is 21.0 Å². The van der Waals surface area contributed by atoms with Crippen molar-refractivity contribution >= 4 is 61.3 Å². The SMILES string of the molecule is BNC(=O)CCCC[N+]1=C(/C=C/C2=C(Oc3ccc(S(=O)(=O)O)cc3)C(=C/C=C3/N(CCCCS(=O)(=O)O)c4ccc(S(=O)(=O)O)cc4C3(C)C)/CCC2)C(C)(C)c2ccccc21. The third-order valence-electron chi connectivity index (χ3n) is 12.0. The Labute approximate surface area is 371 Å². The van der Waals surface area contributed by atoms with Gasteiger partial charge in [0, 0.05) is 53.9 Å². The van der Waals surface area contributed by atoms with Crippen molar-refractivity contribution in [3.05, 3.63) is 125 Å². The van der Waals surface area contributed by atoms with Gasteiger partial charge in [-0.3, -0.25) is 18.5 Å². The van der Waals surface area contributed by atoms with Crippen molar-refractivity contribution in [1.29, 1.82) is 0 Å². The number of nitrogens with one attached hydrogen (secondary N) is 1. The van der Waals surface area contributed by atoms with Gasteiger partial charge in [-0.1, -0.05) is 38.1 Å². The Hall–Kier alpha value is -4.85. The quantitative estimate of drug-likeness (QED) is 0.0481. The van der Waals surface area contributed by atoms with Gasteiger partial charge in [0.2, 0.25) is 19.6 Å². The van der Waals surface area contributed by atoms with E-state index >= 15 is 0 Å². The molecule has 0 unspecified atom stereocenters. The number of fused-ring (bicyclic) bond motifs is 2. The summed E-state index contributed by atoms with van der Waals surface area (Å²) in [6.45, 7) is 9.29. The van der Waals surface area contributed by atoms with Gasteiger partial charge in [0.15, 0.2) is 5.71 Å². The van der Waals surface area contributed by atoms with Crippen molar-refractivity contribution in [2.24, 2.45) is 0 Å². The number of carbonyl (C=O) groups is 1. The maximum atomic E-state index is 12.2. The molecule has 0 bridgehead atoms. The molecule has 0 saturated heterocycles. The van der Waals surface area contributed by atoms with Crippen LogP contribution in [0.1, 0.15) is 90.2 Å². The fourth-order valence-electron chi connectivity index (χ4n) is 8.68. The zero-order valence-corrected chi connectivity index (χ0v) is 38.6. The van der Waals surface area contributed by atoms with Crippen LogP contribution in [0, 0.1) is 0 Å². The summed E-state index contributed by atoms with van der Waals surface area (Å²) in [5, 5.41) is 2.69. The summed E-state index contributed by atoms with van der Waals surface area (Å²) in [5.74, 6) is 0.490. The molecule has 14 nitrogen and oxygen atoms in total. The first-order valence-corrected chi connectivity index (χ1v) is 25.4. The lowest BCUT2D eigenvalue weighted by atomic mass is 9.81. The molecule has 0 radical (unpaired) electrons. The van der Waals surface area contributed by atoms with Crippen LogP contribution < -0.4 is 14.9 Å². The van der Waals surface area contributed by atoms with E-state index in [0.29, 0.717) is 61.5 Å². The lowest BCUT2D eigenvalue weighted by molar-refractivity contribution is -0.438. The Balaban J connectivity index is 1.45. The molecule has 63 heavy (non-hydrogen) atoms. The summed E-state index contributed by atoms with van der Waals surface area (Å²) < 4.78 is 109. The minimum atomic E-state index is -4.52. The molecule has 1 aliphatic carbocycles. The molecule has 0 aromatic heterocycles. The van der Waals surface area contributed by atoms with Crippen LogP contribution >= 0.6 is 0 Å². The molecule has 2 heterocycles. The largest absolute Gasteiger partial charge is 0.457 e. The Morgan fingerprint density at radius 2 is 1.49 bits per heavy atom. The van der Waals surface area contributed by atoms with E-state index in [1.807, 2.05) is 43.0 Å². The van der Waals surface area contributed by atoms with Crippen LogP contribution in [0.3, 0.4) is 0 Å². The predicted molar refractivity (Wildman–Crippen MR) is 245 cm³/mol. The Morgan fingerprint density at radius 3 is 2.16 bits per heavy atom. The van der Waals surface area contributed by atoms with E-state index in [1.165, 1.54) is 42.0 Å². The van der Waals surface area contributed by atoms with E-state index in [9.17, 15) is 43.7 Å². The van der Waals surface area contributed by atoms with Gasteiger partial charge in [-0.15, -0.1) is 0 Å². The number of hydrogen-bond donors (Lipinski definition) is 4. The highest BCUT2D eigenvalue weighted by Gasteiger charge is 2.44. The monoisotopic (exact) mass is 920 g/mol. The average molecular weight is 921 g/mol. The highest BCUT2D eigenvalue weighted by Crippen LogP contribution is 2.49. The zero-order chi connectivity index (χ0) is 46.0. The number of nitrogens with zero attached hydrogens (tertiary/aromatic N) is 2. The third kappa shape index (κ3) is 10.9. The first-order valence-electron chi connectivity index (χ1n) is 20.9. The van der Waals surface area contributed by atoms with Crippen molar-refractivity contribution in [3.63, 3.8) is 0 Å². The number of anilines is 1. The van der Waals surface area contributed by atoms with Crippen LogP contribution in [0.5, 0.6) is 5.75 Å². The summed E-state index contributed by atoms with van der Waals surface area (Å²) in [7, 11) is -11.5. The van der Waals surface area contributed by atoms with E-state index in [0.717, 1.165) is 47.5 Å². The summed E-state index contributed by atoms with van der Waals surface area (Å²) in [5.41, 5.74) is 6.04. The summed E-state index contributed by atoms with van der Waals surface area (Å²) in [6, 6.07) is 18.2. The molecule has 6 rings (SSSR count). The molecule has 3 aliphatic rings. The number of allylic oxidation sites excluding steroid dienone is 7. The van der Waals surface area contributed by atoms with Crippen LogP contribution in [-0.2, 0) is 46.0 Å². The summed E-state index contributed by atoms with van der Waals surface area (Å²) >= 11 is 0. The fraction of sp³-hybridized carbons (Fsp3) is 0.378. The number of rotatable bonds is 17. The van der Waals surface area contributed by atoms with Crippen LogP contribution in [0.25, 0.3) is 0 Å². The van der Waals surface area contributed by atoms with Gasteiger partial charge in [0.1, 0.15) is 18.1 Å². The second kappa shape index (κ2) is 18.7. The van der Waals surface area contributed by atoms with Gasteiger partial charge in [-0.05, 0) is 124 Å². The van der Waals surface area contributed by atoms with E-state index in [-0.39, 0.29) is 27.5 Å². The highest BCUT2D eigenvalue weighted by atomic mass is 32.2. The number of carbonyl (C=O) groups excluding carboxylic acids is 1. The van der Waals surface area contributed by atoms with Crippen molar-refractivity contribution < 1.29 is 53.0 Å². The second-order valence-corrected chi connectivity index (χ2v) is 21.5.